The molecule has 2 rings (SSSR count). The van der Waals surface area contributed by atoms with E-state index in [1.807, 2.05) is 13.0 Å². The molecule has 112 valence electrons. The maximum atomic E-state index is 10.7. The number of nitrogens with zero attached hydrogens (tertiary/aromatic N) is 3. The van der Waals surface area contributed by atoms with Crippen molar-refractivity contribution < 1.29 is 10.0 Å². The summed E-state index contributed by atoms with van der Waals surface area (Å²) in [6.45, 7) is 1.81. The van der Waals surface area contributed by atoms with Gasteiger partial charge in [0.1, 0.15) is 27.4 Å². The van der Waals surface area contributed by atoms with Crippen LogP contribution in [0.4, 0.5) is 11.4 Å². The minimum absolute atomic E-state index is 0.123. The molecule has 0 aliphatic rings. The van der Waals surface area contributed by atoms with Gasteiger partial charge in [0.05, 0.1) is 16.7 Å². The van der Waals surface area contributed by atoms with Crippen LogP contribution in [0.1, 0.15) is 10.7 Å². The fourth-order valence-electron chi connectivity index (χ4n) is 1.58. The molecule has 2 N–H and O–H groups in total. The minimum Gasteiger partial charge on any atom is -0.506 e. The molecule has 7 nitrogen and oxygen atoms in total. The van der Waals surface area contributed by atoms with Gasteiger partial charge in [0.15, 0.2) is 0 Å². The largest absolute Gasteiger partial charge is 0.506 e. The van der Waals surface area contributed by atoms with E-state index in [0.29, 0.717) is 5.01 Å². The number of allylic oxidation sites excluding steroid dienone is 1. The van der Waals surface area contributed by atoms with E-state index < -0.39 is 10.6 Å². The molecule has 0 atom stereocenters. The number of hydrogen-bond donors (Lipinski definition) is 2. The van der Waals surface area contributed by atoms with E-state index in [9.17, 15) is 15.2 Å². The summed E-state index contributed by atoms with van der Waals surface area (Å²) in [6, 6.07) is 4.15. The smallest absolute Gasteiger partial charge is 0.291 e. The lowest BCUT2D eigenvalue weighted by Crippen LogP contribution is -1.94. The summed E-state index contributed by atoms with van der Waals surface area (Å²) in [5, 5.41) is 34.5. The number of hydrogen-bond acceptors (Lipinski definition) is 7. The SMILES string of the molecule is Cc1csc(/C(C#N)=C/Nc2cc(Cl)c([N+](=O)[O-])cc2O)n1. The van der Waals surface area contributed by atoms with Gasteiger partial charge < -0.3 is 10.4 Å². The zero-order chi connectivity index (χ0) is 16.3. The zero-order valence-corrected chi connectivity index (χ0v) is 12.8. The number of aryl methyl sites for hydroxylation is 1. The van der Waals surface area contributed by atoms with E-state index in [1.165, 1.54) is 23.6 Å². The fourth-order valence-corrected chi connectivity index (χ4v) is 2.57. The molecule has 0 aliphatic carbocycles. The Morgan fingerprint density at radius 2 is 2.36 bits per heavy atom. The summed E-state index contributed by atoms with van der Waals surface area (Å²) in [6.07, 6.45) is 1.36. The van der Waals surface area contributed by atoms with Gasteiger partial charge in [0.2, 0.25) is 0 Å². The number of anilines is 1. The second kappa shape index (κ2) is 6.43. The number of nitrogens with one attached hydrogen (secondary N) is 1. The molecule has 1 aromatic heterocycles. The van der Waals surface area contributed by atoms with Gasteiger partial charge in [0.25, 0.3) is 5.69 Å². The number of halogens is 1. The molecule has 0 unspecified atom stereocenters. The van der Waals surface area contributed by atoms with Crippen molar-refractivity contribution >= 4 is 39.9 Å². The molecule has 0 bridgehead atoms. The maximum absolute atomic E-state index is 10.7. The summed E-state index contributed by atoms with van der Waals surface area (Å²) in [5.74, 6) is -0.347. The first-order valence-corrected chi connectivity index (χ1v) is 7.14. The number of benzene rings is 1. The molecule has 22 heavy (non-hydrogen) atoms. The van der Waals surface area contributed by atoms with Gasteiger partial charge in [-0.1, -0.05) is 11.6 Å². The first-order valence-electron chi connectivity index (χ1n) is 5.88. The molecule has 1 aromatic carbocycles. The Balaban J connectivity index is 2.31. The van der Waals surface area contributed by atoms with Crippen molar-refractivity contribution in [3.63, 3.8) is 0 Å². The Bertz CT molecular complexity index is 810. The number of phenols is 1. The molecule has 9 heteroatoms. The summed E-state index contributed by atoms with van der Waals surface area (Å²) in [7, 11) is 0. The third kappa shape index (κ3) is 3.33. The van der Waals surface area contributed by atoms with E-state index in [2.05, 4.69) is 10.3 Å². The Kier molecular flexibility index (Phi) is 4.60. The number of thiazole rings is 1. The quantitative estimate of drug-likeness (QED) is 0.381. The van der Waals surface area contributed by atoms with Crippen LogP contribution in [0, 0.1) is 28.4 Å². The Labute approximate surface area is 134 Å². The predicted octanol–water partition coefficient (Wildman–Crippen LogP) is 3.70. The fraction of sp³-hybridized carbons (Fsp3) is 0.0769. The summed E-state index contributed by atoms with van der Waals surface area (Å²) in [4.78, 5) is 14.2. The molecule has 0 fully saturated rings. The topological polar surface area (TPSA) is 112 Å². The van der Waals surface area contributed by atoms with Crippen LogP contribution in [0.25, 0.3) is 5.57 Å². The highest BCUT2D eigenvalue weighted by atomic mass is 35.5. The van der Waals surface area contributed by atoms with Gasteiger partial charge >= 0.3 is 0 Å². The number of nitro groups is 1. The first kappa shape index (κ1) is 15.8. The van der Waals surface area contributed by atoms with Crippen LogP contribution in [-0.2, 0) is 0 Å². The van der Waals surface area contributed by atoms with Gasteiger partial charge in [-0.05, 0) is 13.0 Å². The van der Waals surface area contributed by atoms with Crippen molar-refractivity contribution in [1.82, 2.24) is 4.98 Å². The van der Waals surface area contributed by atoms with Crippen LogP contribution in [0.3, 0.4) is 0 Å². The van der Waals surface area contributed by atoms with E-state index in [1.54, 1.807) is 5.38 Å². The summed E-state index contributed by atoms with van der Waals surface area (Å²) < 4.78 is 0. The van der Waals surface area contributed by atoms with Crippen molar-refractivity contribution in [3.8, 4) is 11.8 Å². The third-order valence-electron chi connectivity index (χ3n) is 2.60. The Morgan fingerprint density at radius 3 is 2.91 bits per heavy atom. The Morgan fingerprint density at radius 1 is 1.64 bits per heavy atom. The average Bonchev–Trinajstić information content (AvgIpc) is 2.89. The van der Waals surface area contributed by atoms with E-state index >= 15 is 0 Å². The summed E-state index contributed by atoms with van der Waals surface area (Å²) >= 11 is 7.09. The lowest BCUT2D eigenvalue weighted by atomic mass is 10.2. The highest BCUT2D eigenvalue weighted by Crippen LogP contribution is 2.35. The molecule has 0 aliphatic heterocycles. The normalized spacial score (nSPS) is 11.0. The van der Waals surface area contributed by atoms with Crippen LogP contribution in [0.5, 0.6) is 5.75 Å². The number of aromatic nitrogens is 1. The average molecular weight is 337 g/mol. The number of phenolic OH excluding ortho intramolecular Hbond substituents is 1. The van der Waals surface area contributed by atoms with Crippen LogP contribution in [-0.4, -0.2) is 15.0 Å². The molecular formula is C13H9ClN4O3S. The molecule has 0 saturated heterocycles. The maximum Gasteiger partial charge on any atom is 0.291 e. The van der Waals surface area contributed by atoms with Crippen LogP contribution >= 0.6 is 22.9 Å². The standard InChI is InChI=1S/C13H9ClN4O3S/c1-7-6-22-13(17-7)8(4-15)5-16-10-2-9(14)11(18(20)21)3-12(10)19/h2-3,5-6,16,19H,1H3/b8-5+. The molecule has 2 aromatic rings. The predicted molar refractivity (Wildman–Crippen MR) is 83.8 cm³/mol. The van der Waals surface area contributed by atoms with Crippen LogP contribution in [0.2, 0.25) is 5.02 Å². The van der Waals surface area contributed by atoms with E-state index in [0.717, 1.165) is 11.8 Å². The highest BCUT2D eigenvalue weighted by molar-refractivity contribution is 7.10. The van der Waals surface area contributed by atoms with Crippen molar-refractivity contribution in [2.45, 2.75) is 6.92 Å². The van der Waals surface area contributed by atoms with Crippen molar-refractivity contribution in [2.24, 2.45) is 0 Å². The number of nitriles is 1. The molecule has 0 amide bonds. The number of nitro benzene ring substituents is 1. The highest BCUT2D eigenvalue weighted by Gasteiger charge is 2.16. The van der Waals surface area contributed by atoms with Crippen LogP contribution < -0.4 is 5.32 Å². The van der Waals surface area contributed by atoms with Gasteiger partial charge in [-0.25, -0.2) is 4.98 Å². The zero-order valence-electron chi connectivity index (χ0n) is 11.2. The van der Waals surface area contributed by atoms with E-state index in [4.69, 9.17) is 16.9 Å². The second-order valence-electron chi connectivity index (χ2n) is 4.19. The van der Waals surface area contributed by atoms with Crippen molar-refractivity contribution in [1.29, 1.82) is 5.26 Å². The van der Waals surface area contributed by atoms with Crippen molar-refractivity contribution in [3.05, 3.63) is 49.6 Å². The van der Waals surface area contributed by atoms with Gasteiger partial charge in [-0.15, -0.1) is 11.3 Å². The van der Waals surface area contributed by atoms with Gasteiger partial charge in [0, 0.05) is 17.3 Å². The first-order chi connectivity index (χ1) is 10.4. The lowest BCUT2D eigenvalue weighted by Gasteiger charge is -2.05. The van der Waals surface area contributed by atoms with Gasteiger partial charge in [-0.3, -0.25) is 10.1 Å². The molecule has 0 saturated carbocycles. The molecule has 1 heterocycles. The van der Waals surface area contributed by atoms with Crippen LogP contribution in [0.15, 0.2) is 23.7 Å². The Hall–Kier alpha value is -2.63. The minimum atomic E-state index is -0.694. The third-order valence-corrected chi connectivity index (χ3v) is 3.90. The summed E-state index contributed by atoms with van der Waals surface area (Å²) in [5.41, 5.74) is 0.815. The van der Waals surface area contributed by atoms with Crippen molar-refractivity contribution in [2.75, 3.05) is 5.32 Å². The molecular weight excluding hydrogens is 328 g/mol. The second-order valence-corrected chi connectivity index (χ2v) is 5.45. The van der Waals surface area contributed by atoms with Gasteiger partial charge in [-0.2, -0.15) is 5.26 Å². The lowest BCUT2D eigenvalue weighted by molar-refractivity contribution is -0.384. The van der Waals surface area contributed by atoms with E-state index in [-0.39, 0.29) is 22.0 Å². The number of aromatic hydroxyl groups is 1. The monoisotopic (exact) mass is 336 g/mol. The molecule has 0 spiro atoms. The molecule has 0 radical (unpaired) electrons. The number of rotatable bonds is 4.